The topological polar surface area (TPSA) is 63.2 Å². The minimum Gasteiger partial charge on any atom is -0.379 e. The first kappa shape index (κ1) is 13.5. The molecule has 0 spiro atoms. The van der Waals surface area contributed by atoms with Crippen LogP contribution in [0.3, 0.4) is 0 Å². The lowest BCUT2D eigenvalue weighted by atomic mass is 10.2. The molecule has 5 nitrogen and oxygen atoms in total. The number of hydrogen-bond acceptors (Lipinski definition) is 5. The number of anilines is 2. The van der Waals surface area contributed by atoms with E-state index in [1.807, 2.05) is 29.6 Å². The number of nitrogens with zero attached hydrogens (tertiary/aromatic N) is 1. The SMILES string of the molecule is COCC(=O)Nc1ccc(NCc2nccs2)cc1. The number of amides is 1. The van der Waals surface area contributed by atoms with Gasteiger partial charge >= 0.3 is 0 Å². The summed E-state index contributed by atoms with van der Waals surface area (Å²) in [5, 5.41) is 8.99. The van der Waals surface area contributed by atoms with Crippen LogP contribution in [0.5, 0.6) is 0 Å². The van der Waals surface area contributed by atoms with Crippen molar-refractivity contribution < 1.29 is 9.53 Å². The van der Waals surface area contributed by atoms with Crippen LogP contribution in [0.25, 0.3) is 0 Å². The van der Waals surface area contributed by atoms with Gasteiger partial charge in [-0.3, -0.25) is 4.79 Å². The zero-order valence-electron chi connectivity index (χ0n) is 10.6. The highest BCUT2D eigenvalue weighted by Crippen LogP contribution is 2.15. The van der Waals surface area contributed by atoms with E-state index in [1.165, 1.54) is 7.11 Å². The van der Waals surface area contributed by atoms with E-state index in [0.717, 1.165) is 16.4 Å². The molecule has 0 radical (unpaired) electrons. The van der Waals surface area contributed by atoms with E-state index in [-0.39, 0.29) is 12.5 Å². The second-order valence-electron chi connectivity index (χ2n) is 3.84. The average Bonchev–Trinajstić information content (AvgIpc) is 2.91. The van der Waals surface area contributed by atoms with Crippen molar-refractivity contribution in [2.75, 3.05) is 24.4 Å². The predicted molar refractivity (Wildman–Crippen MR) is 76.4 cm³/mol. The van der Waals surface area contributed by atoms with E-state index < -0.39 is 0 Å². The van der Waals surface area contributed by atoms with Crippen LogP contribution in [-0.4, -0.2) is 24.6 Å². The van der Waals surface area contributed by atoms with Crippen LogP contribution in [0.2, 0.25) is 0 Å². The summed E-state index contributed by atoms with van der Waals surface area (Å²) in [6.07, 6.45) is 1.79. The highest BCUT2D eigenvalue weighted by Gasteiger charge is 2.01. The monoisotopic (exact) mass is 277 g/mol. The molecule has 0 saturated carbocycles. The second kappa shape index (κ2) is 6.86. The van der Waals surface area contributed by atoms with Gasteiger partial charge in [-0.15, -0.1) is 11.3 Å². The molecular formula is C13H15N3O2S. The number of hydrogen-bond donors (Lipinski definition) is 2. The van der Waals surface area contributed by atoms with Gasteiger partial charge in [0, 0.05) is 30.1 Å². The van der Waals surface area contributed by atoms with Gasteiger partial charge in [0.15, 0.2) is 0 Å². The van der Waals surface area contributed by atoms with Gasteiger partial charge in [-0.1, -0.05) is 0 Å². The fourth-order valence-corrected chi connectivity index (χ4v) is 2.07. The van der Waals surface area contributed by atoms with Crippen molar-refractivity contribution in [2.24, 2.45) is 0 Å². The van der Waals surface area contributed by atoms with Crippen LogP contribution in [0, 0.1) is 0 Å². The van der Waals surface area contributed by atoms with E-state index in [2.05, 4.69) is 15.6 Å². The molecular weight excluding hydrogens is 262 g/mol. The second-order valence-corrected chi connectivity index (χ2v) is 4.82. The molecule has 6 heteroatoms. The molecule has 0 atom stereocenters. The lowest BCUT2D eigenvalue weighted by molar-refractivity contribution is -0.119. The van der Waals surface area contributed by atoms with Gasteiger partial charge in [-0.2, -0.15) is 0 Å². The number of benzene rings is 1. The Balaban J connectivity index is 1.85. The van der Waals surface area contributed by atoms with Crippen molar-refractivity contribution in [3.63, 3.8) is 0 Å². The van der Waals surface area contributed by atoms with Gasteiger partial charge in [0.2, 0.25) is 5.91 Å². The lowest BCUT2D eigenvalue weighted by Crippen LogP contribution is -2.16. The molecule has 0 aliphatic rings. The molecule has 0 bridgehead atoms. The molecule has 0 aliphatic carbocycles. The summed E-state index contributed by atoms with van der Waals surface area (Å²) < 4.78 is 4.75. The van der Waals surface area contributed by atoms with Gasteiger partial charge in [-0.25, -0.2) is 4.98 Å². The van der Waals surface area contributed by atoms with Crippen molar-refractivity contribution >= 4 is 28.6 Å². The molecule has 1 aromatic carbocycles. The zero-order chi connectivity index (χ0) is 13.5. The van der Waals surface area contributed by atoms with Gasteiger partial charge in [0.05, 0.1) is 6.54 Å². The number of thiazole rings is 1. The molecule has 0 saturated heterocycles. The van der Waals surface area contributed by atoms with Crippen molar-refractivity contribution in [1.29, 1.82) is 0 Å². The predicted octanol–water partition coefficient (Wildman–Crippen LogP) is 2.34. The average molecular weight is 277 g/mol. The molecule has 1 aromatic heterocycles. The fraction of sp³-hybridized carbons (Fsp3) is 0.231. The third-order valence-corrected chi connectivity index (χ3v) is 3.15. The number of aromatic nitrogens is 1. The molecule has 2 rings (SSSR count). The Morgan fingerprint density at radius 1 is 1.32 bits per heavy atom. The van der Waals surface area contributed by atoms with Crippen LogP contribution in [0.15, 0.2) is 35.8 Å². The van der Waals surface area contributed by atoms with E-state index in [4.69, 9.17) is 4.74 Å². The summed E-state index contributed by atoms with van der Waals surface area (Å²) in [5.74, 6) is -0.161. The van der Waals surface area contributed by atoms with Gasteiger partial charge in [0.1, 0.15) is 11.6 Å². The summed E-state index contributed by atoms with van der Waals surface area (Å²) in [6.45, 7) is 0.761. The van der Waals surface area contributed by atoms with Gasteiger partial charge in [0.25, 0.3) is 0 Å². The third kappa shape index (κ3) is 4.35. The van der Waals surface area contributed by atoms with Crippen molar-refractivity contribution in [1.82, 2.24) is 4.98 Å². The molecule has 1 heterocycles. The van der Waals surface area contributed by atoms with E-state index >= 15 is 0 Å². The zero-order valence-corrected chi connectivity index (χ0v) is 11.4. The maximum Gasteiger partial charge on any atom is 0.250 e. The highest BCUT2D eigenvalue weighted by molar-refractivity contribution is 7.09. The van der Waals surface area contributed by atoms with Crippen molar-refractivity contribution in [3.05, 3.63) is 40.8 Å². The Hall–Kier alpha value is -1.92. The normalized spacial score (nSPS) is 10.2. The Labute approximate surface area is 115 Å². The van der Waals surface area contributed by atoms with Crippen LogP contribution in [0.4, 0.5) is 11.4 Å². The van der Waals surface area contributed by atoms with Crippen LogP contribution in [0.1, 0.15) is 5.01 Å². The Morgan fingerprint density at radius 3 is 2.68 bits per heavy atom. The van der Waals surface area contributed by atoms with E-state index in [1.54, 1.807) is 17.5 Å². The standard InChI is InChI=1S/C13H15N3O2S/c1-18-9-12(17)16-11-4-2-10(3-5-11)15-8-13-14-6-7-19-13/h2-7,15H,8-9H2,1H3,(H,16,17). The number of ether oxygens (including phenoxy) is 1. The lowest BCUT2D eigenvalue weighted by Gasteiger charge is -2.07. The molecule has 0 fully saturated rings. The minimum absolute atomic E-state index is 0.0596. The maximum absolute atomic E-state index is 11.3. The summed E-state index contributed by atoms with van der Waals surface area (Å²) in [5.41, 5.74) is 1.74. The largest absolute Gasteiger partial charge is 0.379 e. The Kier molecular flexibility index (Phi) is 4.88. The maximum atomic E-state index is 11.3. The molecule has 19 heavy (non-hydrogen) atoms. The first-order valence-electron chi connectivity index (χ1n) is 5.79. The Bertz CT molecular complexity index is 511. The summed E-state index contributed by atoms with van der Waals surface area (Å²) in [4.78, 5) is 15.5. The summed E-state index contributed by atoms with van der Waals surface area (Å²) in [7, 11) is 1.49. The molecule has 100 valence electrons. The van der Waals surface area contributed by atoms with Crippen LogP contribution >= 0.6 is 11.3 Å². The first-order chi connectivity index (χ1) is 9.28. The summed E-state index contributed by atoms with van der Waals surface area (Å²) in [6, 6.07) is 7.52. The summed E-state index contributed by atoms with van der Waals surface area (Å²) >= 11 is 1.61. The minimum atomic E-state index is -0.161. The first-order valence-corrected chi connectivity index (χ1v) is 6.67. The molecule has 0 aliphatic heterocycles. The van der Waals surface area contributed by atoms with Crippen LogP contribution in [-0.2, 0) is 16.1 Å². The highest BCUT2D eigenvalue weighted by atomic mass is 32.1. The molecule has 1 amide bonds. The molecule has 2 N–H and O–H groups in total. The van der Waals surface area contributed by atoms with Gasteiger partial charge in [-0.05, 0) is 24.3 Å². The fourth-order valence-electron chi connectivity index (χ4n) is 1.52. The number of rotatable bonds is 6. The number of methoxy groups -OCH3 is 1. The Morgan fingerprint density at radius 2 is 2.05 bits per heavy atom. The third-order valence-electron chi connectivity index (χ3n) is 2.37. The molecule has 2 aromatic rings. The van der Waals surface area contributed by atoms with Crippen molar-refractivity contribution in [2.45, 2.75) is 6.54 Å². The van der Waals surface area contributed by atoms with Crippen LogP contribution < -0.4 is 10.6 Å². The number of nitrogens with one attached hydrogen (secondary N) is 2. The van der Waals surface area contributed by atoms with E-state index in [0.29, 0.717) is 6.54 Å². The quantitative estimate of drug-likeness (QED) is 0.850. The number of carbonyl (C=O) groups is 1. The van der Waals surface area contributed by atoms with Gasteiger partial charge < -0.3 is 15.4 Å². The number of carbonyl (C=O) groups excluding carboxylic acids is 1. The molecule has 0 unspecified atom stereocenters. The van der Waals surface area contributed by atoms with E-state index in [9.17, 15) is 4.79 Å². The smallest absolute Gasteiger partial charge is 0.250 e. The van der Waals surface area contributed by atoms with Crippen molar-refractivity contribution in [3.8, 4) is 0 Å².